The lowest BCUT2D eigenvalue weighted by molar-refractivity contribution is 0.373. The van der Waals surface area contributed by atoms with Crippen LogP contribution >= 0.6 is 0 Å². The second-order valence-corrected chi connectivity index (χ2v) is 5.19. The second-order valence-electron chi connectivity index (χ2n) is 5.19. The summed E-state index contributed by atoms with van der Waals surface area (Å²) in [6.07, 6.45) is 2.39. The molecule has 0 saturated heterocycles. The molecule has 0 bridgehead atoms. The van der Waals surface area contributed by atoms with Crippen molar-refractivity contribution < 1.29 is 4.52 Å². The molecule has 0 atom stereocenters. The molecule has 0 radical (unpaired) electrons. The first-order valence-electron chi connectivity index (χ1n) is 6.80. The molecular formula is C14H16N4O. The van der Waals surface area contributed by atoms with Crippen molar-refractivity contribution in [2.45, 2.75) is 25.3 Å². The molecule has 1 saturated carbocycles. The Balaban J connectivity index is 1.56. The van der Waals surface area contributed by atoms with E-state index in [4.69, 9.17) is 4.52 Å². The number of anilines is 2. The minimum Gasteiger partial charge on any atom is -0.382 e. The van der Waals surface area contributed by atoms with Gasteiger partial charge in [0.2, 0.25) is 5.89 Å². The first kappa shape index (κ1) is 10.8. The molecule has 1 fully saturated rings. The summed E-state index contributed by atoms with van der Waals surface area (Å²) in [6, 6.07) is 8.34. The van der Waals surface area contributed by atoms with Gasteiger partial charge in [0.25, 0.3) is 0 Å². The van der Waals surface area contributed by atoms with E-state index < -0.39 is 0 Å². The third-order valence-electron chi connectivity index (χ3n) is 3.68. The van der Waals surface area contributed by atoms with Crippen LogP contribution in [0.1, 0.15) is 30.5 Å². The number of hydrogen-bond acceptors (Lipinski definition) is 5. The topological polar surface area (TPSA) is 54.2 Å². The van der Waals surface area contributed by atoms with Crippen LogP contribution in [0.15, 0.2) is 28.8 Å². The maximum absolute atomic E-state index is 5.31. The van der Waals surface area contributed by atoms with Crippen molar-refractivity contribution in [2.75, 3.05) is 23.3 Å². The van der Waals surface area contributed by atoms with Crippen LogP contribution in [-0.2, 0) is 6.54 Å². The number of hydrogen-bond donors (Lipinski definition) is 1. The molecule has 1 N–H and O–H groups in total. The first-order chi connectivity index (χ1) is 9.40. The number of nitrogens with one attached hydrogen (secondary N) is 1. The Labute approximate surface area is 111 Å². The Bertz CT molecular complexity index is 591. The van der Waals surface area contributed by atoms with Gasteiger partial charge in [0, 0.05) is 19.0 Å². The fraction of sp³-hybridized carbons (Fsp3) is 0.429. The highest BCUT2D eigenvalue weighted by atomic mass is 16.5. The van der Waals surface area contributed by atoms with Crippen LogP contribution in [-0.4, -0.2) is 23.2 Å². The predicted molar refractivity (Wildman–Crippen MR) is 72.3 cm³/mol. The van der Waals surface area contributed by atoms with Crippen molar-refractivity contribution in [3.63, 3.8) is 0 Å². The van der Waals surface area contributed by atoms with Crippen LogP contribution in [0.25, 0.3) is 0 Å². The smallest absolute Gasteiger partial charge is 0.229 e. The second kappa shape index (κ2) is 4.26. The Morgan fingerprint density at radius 2 is 2.21 bits per heavy atom. The molecule has 1 aliphatic carbocycles. The lowest BCUT2D eigenvalue weighted by Gasteiger charge is -2.30. The number of aromatic nitrogens is 2. The summed E-state index contributed by atoms with van der Waals surface area (Å²) in [6.45, 7) is 2.63. The van der Waals surface area contributed by atoms with Crippen molar-refractivity contribution in [3.05, 3.63) is 36.0 Å². The number of nitrogens with zero attached hydrogens (tertiary/aromatic N) is 3. The molecule has 2 aromatic rings. The highest BCUT2D eigenvalue weighted by molar-refractivity contribution is 5.71. The van der Waals surface area contributed by atoms with E-state index in [-0.39, 0.29) is 0 Å². The van der Waals surface area contributed by atoms with E-state index in [1.165, 1.54) is 24.2 Å². The summed E-state index contributed by atoms with van der Waals surface area (Å²) in [5, 5.41) is 7.50. The maximum atomic E-state index is 5.31. The van der Waals surface area contributed by atoms with Gasteiger partial charge in [-0.25, -0.2) is 0 Å². The van der Waals surface area contributed by atoms with Gasteiger partial charge in [-0.3, -0.25) is 0 Å². The van der Waals surface area contributed by atoms with E-state index in [1.54, 1.807) is 0 Å². The minimum atomic E-state index is 0.525. The van der Waals surface area contributed by atoms with E-state index in [1.807, 2.05) is 0 Å². The van der Waals surface area contributed by atoms with Crippen LogP contribution in [0.5, 0.6) is 0 Å². The highest BCUT2D eigenvalue weighted by Crippen LogP contribution is 2.39. The monoisotopic (exact) mass is 256 g/mol. The SMILES string of the molecule is c1ccc2c(c1)NCCN2Cc1noc(C2CC2)n1. The van der Waals surface area contributed by atoms with Gasteiger partial charge >= 0.3 is 0 Å². The molecule has 98 valence electrons. The molecular weight excluding hydrogens is 240 g/mol. The Hall–Kier alpha value is -2.04. The molecule has 0 spiro atoms. The van der Waals surface area contributed by atoms with E-state index >= 15 is 0 Å². The summed E-state index contributed by atoms with van der Waals surface area (Å²) in [4.78, 5) is 6.80. The molecule has 5 heteroatoms. The van der Waals surface area contributed by atoms with Crippen molar-refractivity contribution >= 4 is 11.4 Å². The standard InChI is InChI=1S/C14H16N4O/c1-2-4-12-11(3-1)15-7-8-18(12)9-13-16-14(19-17-13)10-5-6-10/h1-4,10,15H,5-9H2. The summed E-state index contributed by atoms with van der Waals surface area (Å²) in [7, 11) is 0. The van der Waals surface area contributed by atoms with Gasteiger partial charge in [-0.05, 0) is 25.0 Å². The zero-order chi connectivity index (χ0) is 12.7. The van der Waals surface area contributed by atoms with Gasteiger partial charge in [-0.2, -0.15) is 4.98 Å². The predicted octanol–water partition coefficient (Wildman–Crippen LogP) is 2.38. The van der Waals surface area contributed by atoms with Crippen LogP contribution < -0.4 is 10.2 Å². The molecule has 1 aliphatic heterocycles. The number of rotatable bonds is 3. The maximum Gasteiger partial charge on any atom is 0.229 e. The van der Waals surface area contributed by atoms with Crippen molar-refractivity contribution in [3.8, 4) is 0 Å². The van der Waals surface area contributed by atoms with Gasteiger partial charge in [-0.15, -0.1) is 0 Å². The largest absolute Gasteiger partial charge is 0.382 e. The molecule has 19 heavy (non-hydrogen) atoms. The van der Waals surface area contributed by atoms with Gasteiger partial charge in [-0.1, -0.05) is 17.3 Å². The molecule has 2 heterocycles. The van der Waals surface area contributed by atoms with E-state index in [2.05, 4.69) is 44.6 Å². The van der Waals surface area contributed by atoms with Gasteiger partial charge < -0.3 is 14.7 Å². The average molecular weight is 256 g/mol. The number of fused-ring (bicyclic) bond motifs is 1. The Morgan fingerprint density at radius 3 is 3.11 bits per heavy atom. The number of para-hydroxylation sites is 2. The molecule has 1 aromatic carbocycles. The van der Waals surface area contributed by atoms with E-state index in [0.717, 1.165) is 31.3 Å². The summed E-state index contributed by atoms with van der Waals surface area (Å²) in [5.74, 6) is 2.13. The first-order valence-corrected chi connectivity index (χ1v) is 6.80. The van der Waals surface area contributed by atoms with E-state index in [0.29, 0.717) is 5.92 Å². The molecule has 0 amide bonds. The van der Waals surface area contributed by atoms with Gasteiger partial charge in [0.1, 0.15) is 0 Å². The van der Waals surface area contributed by atoms with Crippen LogP contribution in [0.2, 0.25) is 0 Å². The lowest BCUT2D eigenvalue weighted by Crippen LogP contribution is -2.33. The zero-order valence-corrected chi connectivity index (χ0v) is 10.7. The third kappa shape index (κ3) is 2.05. The quantitative estimate of drug-likeness (QED) is 0.913. The molecule has 4 rings (SSSR count). The van der Waals surface area contributed by atoms with Gasteiger partial charge in [0.15, 0.2) is 5.82 Å². The summed E-state index contributed by atoms with van der Waals surface area (Å²) < 4.78 is 5.31. The lowest BCUT2D eigenvalue weighted by atomic mass is 10.2. The fourth-order valence-corrected chi connectivity index (χ4v) is 2.51. The van der Waals surface area contributed by atoms with Crippen LogP contribution in [0.4, 0.5) is 11.4 Å². The van der Waals surface area contributed by atoms with Crippen LogP contribution in [0, 0.1) is 0 Å². The number of benzene rings is 1. The van der Waals surface area contributed by atoms with Crippen molar-refractivity contribution in [1.82, 2.24) is 10.1 Å². The summed E-state index contributed by atoms with van der Waals surface area (Å²) in [5.41, 5.74) is 2.39. The minimum absolute atomic E-state index is 0.525. The molecule has 1 aromatic heterocycles. The molecule has 5 nitrogen and oxygen atoms in total. The Morgan fingerprint density at radius 1 is 1.32 bits per heavy atom. The molecule has 2 aliphatic rings. The van der Waals surface area contributed by atoms with Crippen molar-refractivity contribution in [2.24, 2.45) is 0 Å². The fourth-order valence-electron chi connectivity index (χ4n) is 2.51. The zero-order valence-electron chi connectivity index (χ0n) is 10.7. The summed E-state index contributed by atoms with van der Waals surface area (Å²) >= 11 is 0. The normalized spacial score (nSPS) is 18.0. The molecule has 0 unspecified atom stereocenters. The highest BCUT2D eigenvalue weighted by Gasteiger charge is 2.30. The third-order valence-corrected chi connectivity index (χ3v) is 3.68. The van der Waals surface area contributed by atoms with Crippen molar-refractivity contribution in [1.29, 1.82) is 0 Å². The van der Waals surface area contributed by atoms with Crippen LogP contribution in [0.3, 0.4) is 0 Å². The Kier molecular flexibility index (Phi) is 2.43. The average Bonchev–Trinajstić information content (AvgIpc) is 3.20. The van der Waals surface area contributed by atoms with E-state index in [9.17, 15) is 0 Å². The van der Waals surface area contributed by atoms with Gasteiger partial charge in [0.05, 0.1) is 17.9 Å².